The molecule has 1 aliphatic rings. The maximum absolute atomic E-state index is 12.9. The Hall–Kier alpha value is -2.19. The molecule has 2 aromatic carbocycles. The van der Waals surface area contributed by atoms with E-state index in [2.05, 4.69) is 55.5 Å². The quantitative estimate of drug-likeness (QED) is 0.359. The fraction of sp³-hybridized carbons (Fsp3) is 0.440. The third kappa shape index (κ3) is 4.75. The van der Waals surface area contributed by atoms with E-state index in [-0.39, 0.29) is 25.0 Å². The SMILES string of the molecule is CCOC(=O)C1(C(=O)OCC)C[C@H](CP(c2ccccc2)c2ccccc2)[C@H](C)C1. The van der Waals surface area contributed by atoms with Gasteiger partial charge in [0.15, 0.2) is 5.41 Å². The van der Waals surface area contributed by atoms with Crippen LogP contribution in [0.1, 0.15) is 33.6 Å². The van der Waals surface area contributed by atoms with Gasteiger partial charge in [-0.15, -0.1) is 0 Å². The molecule has 0 radical (unpaired) electrons. The van der Waals surface area contributed by atoms with Gasteiger partial charge in [0.05, 0.1) is 13.2 Å². The minimum Gasteiger partial charge on any atom is -0.465 e. The van der Waals surface area contributed by atoms with Gasteiger partial charge >= 0.3 is 11.9 Å². The monoisotopic (exact) mass is 426 g/mol. The smallest absolute Gasteiger partial charge is 0.323 e. The molecule has 5 heteroatoms. The lowest BCUT2D eigenvalue weighted by atomic mass is 9.85. The molecule has 1 saturated carbocycles. The Morgan fingerprint density at radius 1 is 0.867 bits per heavy atom. The second kappa shape index (κ2) is 10.2. The predicted octanol–water partition coefficient (Wildman–Crippen LogP) is 4.28. The first-order chi connectivity index (χ1) is 14.5. The van der Waals surface area contributed by atoms with Crippen LogP contribution in [0.4, 0.5) is 0 Å². The van der Waals surface area contributed by atoms with Gasteiger partial charge in [0.2, 0.25) is 0 Å². The summed E-state index contributed by atoms with van der Waals surface area (Å²) in [5.41, 5.74) is -1.18. The van der Waals surface area contributed by atoms with Gasteiger partial charge in [-0.25, -0.2) is 0 Å². The summed E-state index contributed by atoms with van der Waals surface area (Å²) >= 11 is 0. The Bertz CT molecular complexity index is 779. The van der Waals surface area contributed by atoms with Crippen molar-refractivity contribution in [1.82, 2.24) is 0 Å². The summed E-state index contributed by atoms with van der Waals surface area (Å²) in [6, 6.07) is 21.1. The summed E-state index contributed by atoms with van der Waals surface area (Å²) in [6.07, 6.45) is 1.91. The number of rotatable bonds is 8. The fourth-order valence-electron chi connectivity index (χ4n) is 4.46. The molecule has 4 nitrogen and oxygen atoms in total. The van der Waals surface area contributed by atoms with Crippen molar-refractivity contribution in [2.75, 3.05) is 19.4 Å². The van der Waals surface area contributed by atoms with Crippen molar-refractivity contribution in [2.24, 2.45) is 17.3 Å². The molecule has 0 saturated heterocycles. The van der Waals surface area contributed by atoms with Crippen LogP contribution in [-0.4, -0.2) is 31.3 Å². The van der Waals surface area contributed by atoms with Crippen molar-refractivity contribution in [3.05, 3.63) is 60.7 Å². The molecule has 0 amide bonds. The standard InChI is InChI=1S/C25H31O4P/c1-4-28-23(26)25(24(27)29-5-2)16-19(3)20(17-25)18-30(21-12-8-6-9-13-21)22-14-10-7-11-15-22/h6-15,19-20H,4-5,16-18H2,1-3H3/t19-,20-/m1/s1. The number of hydrogen-bond acceptors (Lipinski definition) is 4. The largest absolute Gasteiger partial charge is 0.465 e. The normalized spacial score (nSPS) is 20.1. The number of hydrogen-bond donors (Lipinski definition) is 0. The molecular weight excluding hydrogens is 395 g/mol. The lowest BCUT2D eigenvalue weighted by Gasteiger charge is -2.26. The average Bonchev–Trinajstić information content (AvgIpc) is 3.11. The molecule has 30 heavy (non-hydrogen) atoms. The highest BCUT2D eigenvalue weighted by atomic mass is 31.1. The van der Waals surface area contributed by atoms with E-state index in [1.165, 1.54) is 10.6 Å². The summed E-state index contributed by atoms with van der Waals surface area (Å²) in [5.74, 6) is -0.385. The van der Waals surface area contributed by atoms with Gasteiger partial charge in [0, 0.05) is 0 Å². The molecule has 0 heterocycles. The average molecular weight is 426 g/mol. The van der Waals surface area contributed by atoms with E-state index in [1.807, 2.05) is 12.1 Å². The minimum atomic E-state index is -1.18. The van der Waals surface area contributed by atoms with Crippen LogP contribution in [0.25, 0.3) is 0 Å². The van der Waals surface area contributed by atoms with Crippen LogP contribution < -0.4 is 10.6 Å². The van der Waals surface area contributed by atoms with Gasteiger partial charge in [0.1, 0.15) is 0 Å². The van der Waals surface area contributed by atoms with E-state index >= 15 is 0 Å². The molecule has 0 unspecified atom stereocenters. The Morgan fingerprint density at radius 3 is 1.77 bits per heavy atom. The lowest BCUT2D eigenvalue weighted by Crippen LogP contribution is -2.40. The molecule has 0 aliphatic heterocycles. The van der Waals surface area contributed by atoms with Gasteiger partial charge in [-0.3, -0.25) is 9.59 Å². The first-order valence-corrected chi connectivity index (χ1v) is 12.3. The van der Waals surface area contributed by atoms with E-state index in [1.54, 1.807) is 13.8 Å². The highest BCUT2D eigenvalue weighted by molar-refractivity contribution is 7.73. The molecule has 160 valence electrons. The zero-order valence-electron chi connectivity index (χ0n) is 18.0. The van der Waals surface area contributed by atoms with E-state index in [0.29, 0.717) is 12.8 Å². The van der Waals surface area contributed by atoms with Gasteiger partial charge < -0.3 is 9.47 Å². The zero-order valence-corrected chi connectivity index (χ0v) is 18.9. The van der Waals surface area contributed by atoms with E-state index in [0.717, 1.165) is 6.16 Å². The van der Waals surface area contributed by atoms with Crippen molar-refractivity contribution in [3.63, 3.8) is 0 Å². The van der Waals surface area contributed by atoms with Crippen molar-refractivity contribution >= 4 is 30.5 Å². The summed E-state index contributed by atoms with van der Waals surface area (Å²) in [5, 5.41) is 2.63. The third-order valence-electron chi connectivity index (χ3n) is 5.97. The number of carbonyl (C=O) groups is 2. The maximum Gasteiger partial charge on any atom is 0.323 e. The van der Waals surface area contributed by atoms with Crippen molar-refractivity contribution in [3.8, 4) is 0 Å². The predicted molar refractivity (Wildman–Crippen MR) is 122 cm³/mol. The lowest BCUT2D eigenvalue weighted by molar-refractivity contribution is -0.172. The summed E-state index contributed by atoms with van der Waals surface area (Å²) in [6.45, 7) is 6.22. The molecule has 3 rings (SSSR count). The fourth-order valence-corrected chi connectivity index (χ4v) is 7.20. The van der Waals surface area contributed by atoms with Gasteiger partial charge in [-0.2, -0.15) is 0 Å². The zero-order chi connectivity index (χ0) is 21.6. The molecule has 0 bridgehead atoms. The molecule has 0 spiro atoms. The number of carbonyl (C=O) groups excluding carboxylic acids is 2. The Morgan fingerprint density at radius 2 is 1.33 bits per heavy atom. The molecular formula is C25H31O4P. The Labute approximate surface area is 180 Å². The van der Waals surface area contributed by atoms with Gasteiger partial charge in [-0.1, -0.05) is 67.6 Å². The summed E-state index contributed by atoms with van der Waals surface area (Å²) < 4.78 is 10.7. The van der Waals surface area contributed by atoms with Crippen LogP contribution >= 0.6 is 7.92 Å². The van der Waals surface area contributed by atoms with Crippen LogP contribution in [0.3, 0.4) is 0 Å². The van der Waals surface area contributed by atoms with E-state index in [9.17, 15) is 9.59 Å². The third-order valence-corrected chi connectivity index (χ3v) is 8.65. The van der Waals surface area contributed by atoms with E-state index < -0.39 is 25.3 Å². The summed E-state index contributed by atoms with van der Waals surface area (Å²) in [4.78, 5) is 25.8. The molecule has 1 fully saturated rings. The van der Waals surface area contributed by atoms with Crippen LogP contribution in [0.5, 0.6) is 0 Å². The molecule has 0 N–H and O–H groups in total. The Kier molecular flexibility index (Phi) is 7.66. The molecule has 2 aromatic rings. The number of ether oxygens (including phenoxy) is 2. The maximum atomic E-state index is 12.9. The van der Waals surface area contributed by atoms with Crippen LogP contribution in [-0.2, 0) is 19.1 Å². The second-order valence-corrected chi connectivity index (χ2v) is 10.2. The van der Waals surface area contributed by atoms with Crippen molar-refractivity contribution in [1.29, 1.82) is 0 Å². The van der Waals surface area contributed by atoms with E-state index in [4.69, 9.17) is 9.47 Å². The van der Waals surface area contributed by atoms with Gasteiger partial charge in [-0.05, 0) is 63.2 Å². The first kappa shape index (κ1) is 22.5. The molecule has 1 aliphatic carbocycles. The number of esters is 2. The highest BCUT2D eigenvalue weighted by Crippen LogP contribution is 2.51. The van der Waals surface area contributed by atoms with Crippen LogP contribution in [0, 0.1) is 17.3 Å². The highest BCUT2D eigenvalue weighted by Gasteiger charge is 2.56. The molecule has 0 aromatic heterocycles. The minimum absolute atomic E-state index is 0.233. The molecule has 2 atom stereocenters. The second-order valence-electron chi connectivity index (χ2n) is 7.95. The topological polar surface area (TPSA) is 52.6 Å². The van der Waals surface area contributed by atoms with Gasteiger partial charge in [0.25, 0.3) is 0 Å². The van der Waals surface area contributed by atoms with Crippen LogP contribution in [0.15, 0.2) is 60.7 Å². The number of benzene rings is 2. The van der Waals surface area contributed by atoms with Crippen LogP contribution in [0.2, 0.25) is 0 Å². The Balaban J connectivity index is 1.90. The van der Waals surface area contributed by atoms with Crippen molar-refractivity contribution in [2.45, 2.75) is 33.6 Å². The first-order valence-electron chi connectivity index (χ1n) is 10.7. The van der Waals surface area contributed by atoms with Crippen molar-refractivity contribution < 1.29 is 19.1 Å². The summed E-state index contributed by atoms with van der Waals surface area (Å²) in [7, 11) is -0.589.